The van der Waals surface area contributed by atoms with Crippen molar-refractivity contribution >= 4 is 12.2 Å². The molecule has 0 spiro atoms. The highest BCUT2D eigenvalue weighted by Gasteiger charge is 2.21. The normalized spacial score (nSPS) is 16.1. The zero-order chi connectivity index (χ0) is 9.97. The van der Waals surface area contributed by atoms with Crippen LogP contribution in [0.25, 0.3) is 0 Å². The number of hydrogen-bond donors (Lipinski definition) is 3. The molecule has 0 aliphatic carbocycles. The summed E-state index contributed by atoms with van der Waals surface area (Å²) in [4.78, 5) is 8.09. The lowest BCUT2D eigenvalue weighted by Crippen LogP contribution is -2.35. The first-order valence-electron chi connectivity index (χ1n) is 4.12. The number of nitrogens with one attached hydrogen (secondary N) is 2. The van der Waals surface area contributed by atoms with Gasteiger partial charge in [-0.05, 0) is 6.07 Å². The van der Waals surface area contributed by atoms with E-state index in [1.165, 1.54) is 6.21 Å². The number of aromatic nitrogens is 2. The summed E-state index contributed by atoms with van der Waals surface area (Å²) in [6, 6.07) is 1.73. The molecular weight excluding hydrogens is 180 g/mol. The van der Waals surface area contributed by atoms with Crippen LogP contribution >= 0.6 is 0 Å². The minimum atomic E-state index is 0.478. The fraction of sp³-hybridized carbons (Fsp3) is 0.125. The van der Waals surface area contributed by atoms with Crippen LogP contribution in [0, 0.1) is 5.41 Å². The molecule has 1 aliphatic heterocycles. The van der Waals surface area contributed by atoms with Gasteiger partial charge in [-0.25, -0.2) is 20.4 Å². The standard InChI is InChI=1S/C8H10N6/c9-4-6-5-13-14(7(6)10)8-11-2-1-3-12-8/h1-4,9,13H,5,10H2. The van der Waals surface area contributed by atoms with E-state index in [4.69, 9.17) is 11.1 Å². The quantitative estimate of drug-likeness (QED) is 0.553. The molecule has 0 aromatic carbocycles. The smallest absolute Gasteiger partial charge is 0.246 e. The zero-order valence-electron chi connectivity index (χ0n) is 7.44. The second-order valence-corrected chi connectivity index (χ2v) is 2.77. The van der Waals surface area contributed by atoms with E-state index in [0.717, 1.165) is 5.57 Å². The summed E-state index contributed by atoms with van der Waals surface area (Å²) < 4.78 is 0. The molecule has 2 rings (SSSR count). The van der Waals surface area contributed by atoms with Crippen molar-refractivity contribution in [3.8, 4) is 0 Å². The summed E-state index contributed by atoms with van der Waals surface area (Å²) in [7, 11) is 0. The number of nitrogens with two attached hydrogens (primary N) is 1. The van der Waals surface area contributed by atoms with E-state index in [9.17, 15) is 0 Å². The van der Waals surface area contributed by atoms with Gasteiger partial charge in [0.2, 0.25) is 5.95 Å². The summed E-state index contributed by atoms with van der Waals surface area (Å²) in [6.45, 7) is 0.535. The summed E-state index contributed by atoms with van der Waals surface area (Å²) in [5, 5.41) is 8.68. The number of hydrazine groups is 1. The van der Waals surface area contributed by atoms with Gasteiger partial charge in [0.05, 0.1) is 0 Å². The van der Waals surface area contributed by atoms with Gasteiger partial charge in [-0.15, -0.1) is 0 Å². The summed E-state index contributed by atoms with van der Waals surface area (Å²) in [5.74, 6) is 0.966. The Bertz CT molecular complexity index is 371. The van der Waals surface area contributed by atoms with E-state index >= 15 is 0 Å². The maximum atomic E-state index is 7.11. The fourth-order valence-electron chi connectivity index (χ4n) is 1.19. The third kappa shape index (κ3) is 1.31. The SMILES string of the molecule is N=CC1=C(N)N(c2ncccn2)NC1. The van der Waals surface area contributed by atoms with Crippen molar-refractivity contribution in [1.82, 2.24) is 15.4 Å². The van der Waals surface area contributed by atoms with Crippen LogP contribution in [0.4, 0.5) is 5.95 Å². The third-order valence-electron chi connectivity index (χ3n) is 1.92. The van der Waals surface area contributed by atoms with Crippen LogP contribution < -0.4 is 16.2 Å². The van der Waals surface area contributed by atoms with Crippen LogP contribution in [-0.2, 0) is 0 Å². The Morgan fingerprint density at radius 3 is 2.79 bits per heavy atom. The van der Waals surface area contributed by atoms with Crippen molar-refractivity contribution in [1.29, 1.82) is 5.41 Å². The van der Waals surface area contributed by atoms with Crippen LogP contribution in [0.15, 0.2) is 29.9 Å². The Hall–Kier alpha value is -1.95. The maximum absolute atomic E-state index is 7.11. The van der Waals surface area contributed by atoms with Crippen LogP contribution in [0.1, 0.15) is 0 Å². The Morgan fingerprint density at radius 1 is 1.50 bits per heavy atom. The molecule has 0 saturated heterocycles. The summed E-state index contributed by atoms with van der Waals surface area (Å²) in [6.07, 6.45) is 4.50. The van der Waals surface area contributed by atoms with E-state index < -0.39 is 0 Å². The molecule has 6 heteroatoms. The minimum absolute atomic E-state index is 0.478. The predicted octanol–water partition coefficient (Wildman–Crippen LogP) is -0.379. The van der Waals surface area contributed by atoms with Crippen LogP contribution in [0.2, 0.25) is 0 Å². The molecule has 0 bridgehead atoms. The van der Waals surface area contributed by atoms with E-state index in [2.05, 4.69) is 15.4 Å². The Kier molecular flexibility index (Phi) is 2.11. The molecule has 4 N–H and O–H groups in total. The number of anilines is 1. The van der Waals surface area contributed by atoms with Crippen molar-refractivity contribution in [2.75, 3.05) is 11.6 Å². The van der Waals surface area contributed by atoms with E-state index in [-0.39, 0.29) is 0 Å². The fourth-order valence-corrected chi connectivity index (χ4v) is 1.19. The molecule has 2 heterocycles. The van der Waals surface area contributed by atoms with Gasteiger partial charge in [0, 0.05) is 30.7 Å². The second kappa shape index (κ2) is 3.43. The second-order valence-electron chi connectivity index (χ2n) is 2.77. The predicted molar refractivity (Wildman–Crippen MR) is 52.5 cm³/mol. The molecular formula is C8H10N6. The average Bonchev–Trinajstić information content (AvgIpc) is 2.61. The molecule has 14 heavy (non-hydrogen) atoms. The molecule has 0 radical (unpaired) electrons. The molecule has 0 unspecified atom stereocenters. The summed E-state index contributed by atoms with van der Waals surface area (Å²) >= 11 is 0. The lowest BCUT2D eigenvalue weighted by molar-refractivity contribution is 0.755. The van der Waals surface area contributed by atoms with Gasteiger partial charge >= 0.3 is 0 Å². The molecule has 0 saturated carbocycles. The lowest BCUT2D eigenvalue weighted by atomic mass is 10.3. The Balaban J connectivity index is 2.31. The van der Waals surface area contributed by atoms with Crippen LogP contribution in [0.5, 0.6) is 0 Å². The third-order valence-corrected chi connectivity index (χ3v) is 1.92. The Morgan fingerprint density at radius 2 is 2.21 bits per heavy atom. The minimum Gasteiger partial charge on any atom is -0.384 e. The molecule has 0 fully saturated rings. The Labute approximate surface area is 80.9 Å². The molecule has 0 amide bonds. The first-order valence-corrected chi connectivity index (χ1v) is 4.12. The van der Waals surface area contributed by atoms with E-state index in [0.29, 0.717) is 18.3 Å². The van der Waals surface area contributed by atoms with Crippen molar-refractivity contribution in [2.45, 2.75) is 0 Å². The first-order chi connectivity index (χ1) is 6.83. The van der Waals surface area contributed by atoms with Crippen LogP contribution in [-0.4, -0.2) is 22.7 Å². The summed E-state index contributed by atoms with van der Waals surface area (Å²) in [5.41, 5.74) is 9.49. The van der Waals surface area contributed by atoms with Crippen LogP contribution in [0.3, 0.4) is 0 Å². The molecule has 6 nitrogen and oxygen atoms in total. The van der Waals surface area contributed by atoms with Gasteiger partial charge in [0.25, 0.3) is 0 Å². The van der Waals surface area contributed by atoms with Gasteiger partial charge in [0.1, 0.15) is 5.82 Å². The van der Waals surface area contributed by atoms with Crippen molar-refractivity contribution in [3.05, 3.63) is 29.9 Å². The number of nitrogens with zero attached hydrogens (tertiary/aromatic N) is 3. The molecule has 1 aromatic rings. The topological polar surface area (TPSA) is 90.9 Å². The molecule has 1 aliphatic rings. The highest BCUT2D eigenvalue weighted by atomic mass is 15.6. The maximum Gasteiger partial charge on any atom is 0.246 e. The number of rotatable bonds is 2. The van der Waals surface area contributed by atoms with E-state index in [1.54, 1.807) is 23.5 Å². The number of hydrogen-bond acceptors (Lipinski definition) is 6. The molecule has 0 atom stereocenters. The monoisotopic (exact) mass is 190 g/mol. The van der Waals surface area contributed by atoms with Gasteiger partial charge in [0.15, 0.2) is 0 Å². The highest BCUT2D eigenvalue weighted by molar-refractivity contribution is 5.79. The average molecular weight is 190 g/mol. The highest BCUT2D eigenvalue weighted by Crippen LogP contribution is 2.13. The van der Waals surface area contributed by atoms with Crippen molar-refractivity contribution in [2.24, 2.45) is 5.73 Å². The van der Waals surface area contributed by atoms with Gasteiger partial charge < -0.3 is 11.1 Å². The van der Waals surface area contributed by atoms with Gasteiger partial charge in [-0.2, -0.15) is 0 Å². The van der Waals surface area contributed by atoms with Crippen molar-refractivity contribution in [3.63, 3.8) is 0 Å². The van der Waals surface area contributed by atoms with E-state index in [1.807, 2.05) is 0 Å². The lowest BCUT2D eigenvalue weighted by Gasteiger charge is -2.16. The molecule has 1 aromatic heterocycles. The zero-order valence-corrected chi connectivity index (χ0v) is 7.44. The van der Waals surface area contributed by atoms with Gasteiger partial charge in [-0.3, -0.25) is 0 Å². The molecule has 72 valence electrons. The van der Waals surface area contributed by atoms with Crippen molar-refractivity contribution < 1.29 is 0 Å². The first kappa shape index (κ1) is 8.64. The largest absolute Gasteiger partial charge is 0.384 e. The van der Waals surface area contributed by atoms with Gasteiger partial charge in [-0.1, -0.05) is 0 Å².